The van der Waals surface area contributed by atoms with Crippen LogP contribution in [0.4, 0.5) is 0 Å². The number of carbonyl (C=O) groups is 1. The lowest BCUT2D eigenvalue weighted by molar-refractivity contribution is -0.132. The molecule has 0 atom stereocenters. The SMILES string of the molecule is Cn1ccnc1SCC(=O)N1CCOCC1. The Kier molecular flexibility index (Phi) is 3.84. The summed E-state index contributed by atoms with van der Waals surface area (Å²) in [5.41, 5.74) is 0. The standard InChI is InChI=1S/C10H15N3O2S/c1-12-3-2-11-10(12)16-8-9(14)13-4-6-15-7-5-13/h2-3H,4-8H2,1H3. The van der Waals surface area contributed by atoms with Crippen LogP contribution in [0.2, 0.25) is 0 Å². The Balaban J connectivity index is 1.81. The summed E-state index contributed by atoms with van der Waals surface area (Å²) in [4.78, 5) is 17.8. The molecule has 1 fully saturated rings. The Morgan fingerprint density at radius 3 is 2.94 bits per heavy atom. The summed E-state index contributed by atoms with van der Waals surface area (Å²) in [6.45, 7) is 2.72. The van der Waals surface area contributed by atoms with E-state index in [9.17, 15) is 4.79 Å². The van der Waals surface area contributed by atoms with Gasteiger partial charge in [-0.25, -0.2) is 4.98 Å². The molecule has 1 saturated heterocycles. The van der Waals surface area contributed by atoms with E-state index in [1.807, 2.05) is 22.7 Å². The van der Waals surface area contributed by atoms with Crippen molar-refractivity contribution in [3.05, 3.63) is 12.4 Å². The van der Waals surface area contributed by atoms with Gasteiger partial charge in [0.15, 0.2) is 5.16 Å². The van der Waals surface area contributed by atoms with Crippen molar-refractivity contribution in [2.75, 3.05) is 32.1 Å². The Morgan fingerprint density at radius 1 is 1.56 bits per heavy atom. The maximum Gasteiger partial charge on any atom is 0.233 e. The molecule has 16 heavy (non-hydrogen) atoms. The molecule has 0 N–H and O–H groups in total. The van der Waals surface area contributed by atoms with E-state index >= 15 is 0 Å². The molecule has 1 aromatic rings. The number of morpholine rings is 1. The van der Waals surface area contributed by atoms with E-state index in [-0.39, 0.29) is 5.91 Å². The van der Waals surface area contributed by atoms with Crippen LogP contribution in [-0.2, 0) is 16.6 Å². The second-order valence-electron chi connectivity index (χ2n) is 3.60. The van der Waals surface area contributed by atoms with Crippen LogP contribution in [0, 0.1) is 0 Å². The maximum absolute atomic E-state index is 11.8. The molecule has 2 rings (SSSR count). The zero-order valence-corrected chi connectivity index (χ0v) is 10.1. The third-order valence-corrected chi connectivity index (χ3v) is 3.51. The number of imidazole rings is 1. The van der Waals surface area contributed by atoms with Crippen LogP contribution in [0.5, 0.6) is 0 Å². The molecular weight excluding hydrogens is 226 g/mol. The van der Waals surface area contributed by atoms with Crippen LogP contribution in [0.25, 0.3) is 0 Å². The summed E-state index contributed by atoms with van der Waals surface area (Å²) >= 11 is 1.48. The molecule has 0 radical (unpaired) electrons. The third-order valence-electron chi connectivity index (χ3n) is 2.47. The predicted octanol–water partition coefficient (Wildman–Crippen LogP) is 0.371. The molecule has 88 valence electrons. The van der Waals surface area contributed by atoms with Gasteiger partial charge in [0, 0.05) is 32.5 Å². The topological polar surface area (TPSA) is 47.4 Å². The molecule has 0 aromatic carbocycles. The number of thioether (sulfide) groups is 1. The van der Waals surface area contributed by atoms with Gasteiger partial charge in [0.2, 0.25) is 5.91 Å². The zero-order chi connectivity index (χ0) is 11.4. The minimum absolute atomic E-state index is 0.163. The molecule has 5 nitrogen and oxygen atoms in total. The van der Waals surface area contributed by atoms with Gasteiger partial charge in [0.25, 0.3) is 0 Å². The van der Waals surface area contributed by atoms with Crippen LogP contribution in [0.1, 0.15) is 0 Å². The number of amides is 1. The van der Waals surface area contributed by atoms with Gasteiger partial charge < -0.3 is 14.2 Å². The van der Waals surface area contributed by atoms with Crippen molar-refractivity contribution in [1.82, 2.24) is 14.5 Å². The molecule has 6 heteroatoms. The van der Waals surface area contributed by atoms with Crippen molar-refractivity contribution in [1.29, 1.82) is 0 Å². The first-order valence-corrected chi connectivity index (χ1v) is 6.21. The van der Waals surface area contributed by atoms with Gasteiger partial charge in [-0.1, -0.05) is 11.8 Å². The van der Waals surface area contributed by atoms with Crippen LogP contribution < -0.4 is 0 Å². The highest BCUT2D eigenvalue weighted by Gasteiger charge is 2.17. The number of hydrogen-bond donors (Lipinski definition) is 0. The number of ether oxygens (including phenoxy) is 1. The average molecular weight is 241 g/mol. The van der Waals surface area contributed by atoms with E-state index in [0.717, 1.165) is 5.16 Å². The van der Waals surface area contributed by atoms with Crippen molar-refractivity contribution in [3.63, 3.8) is 0 Å². The summed E-state index contributed by atoms with van der Waals surface area (Å²) in [5.74, 6) is 0.613. The van der Waals surface area contributed by atoms with Crippen molar-refractivity contribution < 1.29 is 9.53 Å². The van der Waals surface area contributed by atoms with Crippen LogP contribution in [0.3, 0.4) is 0 Å². The van der Waals surface area contributed by atoms with Crippen molar-refractivity contribution >= 4 is 17.7 Å². The predicted molar refractivity (Wildman–Crippen MR) is 61.3 cm³/mol. The summed E-state index contributed by atoms with van der Waals surface area (Å²) in [6, 6.07) is 0. The van der Waals surface area contributed by atoms with Gasteiger partial charge in [0.05, 0.1) is 19.0 Å². The monoisotopic (exact) mass is 241 g/mol. The number of hydrogen-bond acceptors (Lipinski definition) is 4. The summed E-state index contributed by atoms with van der Waals surface area (Å²) in [5, 5.41) is 0.876. The lowest BCUT2D eigenvalue weighted by Gasteiger charge is -2.26. The molecule has 0 unspecified atom stereocenters. The number of carbonyl (C=O) groups excluding carboxylic acids is 1. The molecule has 0 saturated carbocycles. The number of aromatic nitrogens is 2. The molecule has 0 aliphatic carbocycles. The summed E-state index contributed by atoms with van der Waals surface area (Å²) in [7, 11) is 1.93. The molecule has 1 aliphatic heterocycles. The molecule has 2 heterocycles. The minimum atomic E-state index is 0.163. The third kappa shape index (κ3) is 2.76. The fraction of sp³-hybridized carbons (Fsp3) is 0.600. The van der Waals surface area contributed by atoms with E-state index in [0.29, 0.717) is 32.1 Å². The molecule has 1 aromatic heterocycles. The maximum atomic E-state index is 11.8. The van der Waals surface area contributed by atoms with Crippen LogP contribution in [-0.4, -0.2) is 52.4 Å². The van der Waals surface area contributed by atoms with E-state index < -0.39 is 0 Å². The van der Waals surface area contributed by atoms with E-state index in [1.165, 1.54) is 11.8 Å². The van der Waals surface area contributed by atoms with Crippen LogP contribution >= 0.6 is 11.8 Å². The Morgan fingerprint density at radius 2 is 2.31 bits per heavy atom. The number of nitrogens with zero attached hydrogens (tertiary/aromatic N) is 3. The minimum Gasteiger partial charge on any atom is -0.378 e. The first-order chi connectivity index (χ1) is 7.77. The Labute approximate surface area is 98.8 Å². The van der Waals surface area contributed by atoms with E-state index in [1.54, 1.807) is 6.20 Å². The van der Waals surface area contributed by atoms with Crippen molar-refractivity contribution in [3.8, 4) is 0 Å². The van der Waals surface area contributed by atoms with Gasteiger partial charge in [-0.2, -0.15) is 0 Å². The number of rotatable bonds is 3. The molecule has 1 aliphatic rings. The fourth-order valence-electron chi connectivity index (χ4n) is 1.52. The fourth-order valence-corrected chi connectivity index (χ4v) is 2.36. The number of aryl methyl sites for hydroxylation is 1. The lowest BCUT2D eigenvalue weighted by Crippen LogP contribution is -2.41. The smallest absolute Gasteiger partial charge is 0.233 e. The van der Waals surface area contributed by atoms with Crippen molar-refractivity contribution in [2.24, 2.45) is 7.05 Å². The quantitative estimate of drug-likeness (QED) is 0.717. The van der Waals surface area contributed by atoms with Gasteiger partial charge >= 0.3 is 0 Å². The van der Waals surface area contributed by atoms with E-state index in [2.05, 4.69) is 4.98 Å². The average Bonchev–Trinajstić information content (AvgIpc) is 2.73. The normalized spacial score (nSPS) is 16.4. The van der Waals surface area contributed by atoms with Gasteiger partial charge in [-0.05, 0) is 0 Å². The van der Waals surface area contributed by atoms with Gasteiger partial charge in [0.1, 0.15) is 0 Å². The van der Waals surface area contributed by atoms with E-state index in [4.69, 9.17) is 4.74 Å². The second-order valence-corrected chi connectivity index (χ2v) is 4.55. The largest absolute Gasteiger partial charge is 0.378 e. The van der Waals surface area contributed by atoms with Gasteiger partial charge in [-0.3, -0.25) is 4.79 Å². The highest BCUT2D eigenvalue weighted by molar-refractivity contribution is 7.99. The zero-order valence-electron chi connectivity index (χ0n) is 9.26. The summed E-state index contributed by atoms with van der Waals surface area (Å²) < 4.78 is 7.12. The second kappa shape index (κ2) is 5.36. The molecule has 1 amide bonds. The Hall–Kier alpha value is -1.01. The lowest BCUT2D eigenvalue weighted by atomic mass is 10.4. The highest BCUT2D eigenvalue weighted by Crippen LogP contribution is 2.15. The molecular formula is C10H15N3O2S. The first kappa shape index (κ1) is 11.5. The van der Waals surface area contributed by atoms with Crippen LogP contribution in [0.15, 0.2) is 17.6 Å². The van der Waals surface area contributed by atoms with Crippen molar-refractivity contribution in [2.45, 2.75) is 5.16 Å². The molecule has 0 bridgehead atoms. The first-order valence-electron chi connectivity index (χ1n) is 5.23. The summed E-state index contributed by atoms with van der Waals surface area (Å²) in [6.07, 6.45) is 3.61. The highest BCUT2D eigenvalue weighted by atomic mass is 32.2. The molecule has 0 spiro atoms. The van der Waals surface area contributed by atoms with Gasteiger partial charge in [-0.15, -0.1) is 0 Å². The Bertz CT molecular complexity index is 361.